The molecule has 0 aliphatic carbocycles. The van der Waals surface area contributed by atoms with Crippen molar-refractivity contribution in [3.05, 3.63) is 12.2 Å². The second kappa shape index (κ2) is 4.75. The van der Waals surface area contributed by atoms with Gasteiger partial charge < -0.3 is 5.11 Å². The molecule has 0 heterocycles. The fraction of sp³-hybridized carbons (Fsp3) is 0.750. The smallest absolute Gasteiger partial charge is 0.0613 e. The molecule has 2 unspecified atom stereocenters. The standard InChI is InChI=1S/C8H15ClO/c1-6(2)4-8(10)7(3)5-9/h7-8,10H,1,4-5H2,2-3H3. The lowest BCUT2D eigenvalue weighted by atomic mass is 10.0. The minimum atomic E-state index is -0.324. The molecule has 0 aliphatic heterocycles. The zero-order valence-electron chi connectivity index (χ0n) is 6.60. The number of alkyl halides is 1. The molecule has 10 heavy (non-hydrogen) atoms. The minimum absolute atomic E-state index is 0.165. The highest BCUT2D eigenvalue weighted by Crippen LogP contribution is 2.12. The van der Waals surface area contributed by atoms with Crippen LogP contribution in [0.5, 0.6) is 0 Å². The number of hydrogen-bond donors (Lipinski definition) is 1. The third-order valence-electron chi connectivity index (χ3n) is 1.46. The summed E-state index contributed by atoms with van der Waals surface area (Å²) in [7, 11) is 0. The lowest BCUT2D eigenvalue weighted by molar-refractivity contribution is 0.127. The van der Waals surface area contributed by atoms with Gasteiger partial charge in [-0.1, -0.05) is 12.5 Å². The maximum atomic E-state index is 9.34. The van der Waals surface area contributed by atoms with Crippen molar-refractivity contribution in [3.63, 3.8) is 0 Å². The third-order valence-corrected chi connectivity index (χ3v) is 1.94. The summed E-state index contributed by atoms with van der Waals surface area (Å²) in [6.07, 6.45) is 0.337. The fourth-order valence-corrected chi connectivity index (χ4v) is 0.867. The van der Waals surface area contributed by atoms with Crippen molar-refractivity contribution >= 4 is 11.6 Å². The highest BCUT2D eigenvalue weighted by Gasteiger charge is 2.12. The van der Waals surface area contributed by atoms with Gasteiger partial charge in [0.15, 0.2) is 0 Å². The third kappa shape index (κ3) is 3.91. The molecule has 0 aromatic heterocycles. The van der Waals surface area contributed by atoms with Crippen LogP contribution in [0.2, 0.25) is 0 Å². The predicted molar refractivity (Wildman–Crippen MR) is 45.3 cm³/mol. The van der Waals surface area contributed by atoms with E-state index in [-0.39, 0.29) is 12.0 Å². The molecule has 0 bridgehead atoms. The van der Waals surface area contributed by atoms with Gasteiger partial charge in [0.05, 0.1) is 6.10 Å². The summed E-state index contributed by atoms with van der Waals surface area (Å²) in [6, 6.07) is 0. The Labute approximate surface area is 67.7 Å². The maximum absolute atomic E-state index is 9.34. The molecule has 1 N–H and O–H groups in total. The van der Waals surface area contributed by atoms with Crippen LogP contribution in [0.1, 0.15) is 20.3 Å². The zero-order valence-corrected chi connectivity index (χ0v) is 7.36. The first-order valence-corrected chi connectivity index (χ1v) is 3.99. The number of rotatable bonds is 4. The summed E-state index contributed by atoms with van der Waals surface area (Å²) in [5.74, 6) is 0.674. The highest BCUT2D eigenvalue weighted by molar-refractivity contribution is 6.18. The van der Waals surface area contributed by atoms with Crippen LogP contribution in [0.3, 0.4) is 0 Å². The first-order valence-electron chi connectivity index (χ1n) is 3.46. The minimum Gasteiger partial charge on any atom is -0.392 e. The van der Waals surface area contributed by atoms with Crippen LogP contribution in [0, 0.1) is 5.92 Å². The molecule has 0 radical (unpaired) electrons. The van der Waals surface area contributed by atoms with E-state index in [0.29, 0.717) is 12.3 Å². The summed E-state index contributed by atoms with van der Waals surface area (Å²) in [5.41, 5.74) is 1.00. The molecule has 2 atom stereocenters. The second-order valence-corrected chi connectivity index (χ2v) is 3.17. The van der Waals surface area contributed by atoms with Gasteiger partial charge >= 0.3 is 0 Å². The Balaban J connectivity index is 3.61. The van der Waals surface area contributed by atoms with E-state index < -0.39 is 0 Å². The number of hydrogen-bond acceptors (Lipinski definition) is 1. The molecule has 60 valence electrons. The van der Waals surface area contributed by atoms with Crippen molar-refractivity contribution in [2.24, 2.45) is 5.92 Å². The van der Waals surface area contributed by atoms with Crippen LogP contribution >= 0.6 is 11.6 Å². The molecule has 0 aromatic rings. The molecule has 0 saturated heterocycles. The van der Waals surface area contributed by atoms with E-state index in [1.54, 1.807) is 0 Å². The molecule has 0 amide bonds. The Morgan fingerprint density at radius 1 is 1.70 bits per heavy atom. The summed E-state index contributed by atoms with van der Waals surface area (Å²) in [6.45, 7) is 7.55. The SMILES string of the molecule is C=C(C)CC(O)C(C)CCl. The van der Waals surface area contributed by atoms with E-state index in [2.05, 4.69) is 6.58 Å². The first kappa shape index (κ1) is 9.99. The number of halogens is 1. The molecule has 1 nitrogen and oxygen atoms in total. The molecule has 2 heteroatoms. The van der Waals surface area contributed by atoms with Gasteiger partial charge in [0.25, 0.3) is 0 Å². The van der Waals surface area contributed by atoms with Gasteiger partial charge in [-0.3, -0.25) is 0 Å². The van der Waals surface area contributed by atoms with Crippen molar-refractivity contribution < 1.29 is 5.11 Å². The summed E-state index contributed by atoms with van der Waals surface area (Å²) in [5, 5.41) is 9.34. The van der Waals surface area contributed by atoms with E-state index in [9.17, 15) is 5.11 Å². The molecule has 0 rings (SSSR count). The average Bonchev–Trinajstić information content (AvgIpc) is 1.85. The Bertz CT molecular complexity index is 112. The van der Waals surface area contributed by atoms with E-state index in [0.717, 1.165) is 5.57 Å². The Kier molecular flexibility index (Phi) is 4.75. The van der Waals surface area contributed by atoms with Crippen LogP contribution < -0.4 is 0 Å². The first-order chi connectivity index (χ1) is 4.57. The lowest BCUT2D eigenvalue weighted by Crippen LogP contribution is -2.18. The molecule has 0 fully saturated rings. The summed E-state index contributed by atoms with van der Waals surface area (Å²) in [4.78, 5) is 0. The van der Waals surface area contributed by atoms with Gasteiger partial charge in [-0.15, -0.1) is 18.2 Å². The molecule has 0 aromatic carbocycles. The van der Waals surface area contributed by atoms with Gasteiger partial charge in [-0.25, -0.2) is 0 Å². The predicted octanol–water partition coefficient (Wildman–Crippen LogP) is 2.19. The molecule has 0 spiro atoms. The second-order valence-electron chi connectivity index (χ2n) is 2.86. The van der Waals surface area contributed by atoms with Crippen LogP contribution in [0.4, 0.5) is 0 Å². The van der Waals surface area contributed by atoms with Crippen LogP contribution in [-0.2, 0) is 0 Å². The van der Waals surface area contributed by atoms with Gasteiger partial charge in [0, 0.05) is 5.88 Å². The summed E-state index contributed by atoms with van der Waals surface area (Å²) < 4.78 is 0. The van der Waals surface area contributed by atoms with Crippen molar-refractivity contribution in [2.75, 3.05) is 5.88 Å². The summed E-state index contributed by atoms with van der Waals surface area (Å²) >= 11 is 5.54. The van der Waals surface area contributed by atoms with Gasteiger partial charge in [-0.2, -0.15) is 0 Å². The highest BCUT2D eigenvalue weighted by atomic mass is 35.5. The molecule has 0 saturated carbocycles. The van der Waals surface area contributed by atoms with Gasteiger partial charge in [0.2, 0.25) is 0 Å². The van der Waals surface area contributed by atoms with Gasteiger partial charge in [0.1, 0.15) is 0 Å². The van der Waals surface area contributed by atoms with Crippen molar-refractivity contribution in [2.45, 2.75) is 26.4 Å². The lowest BCUT2D eigenvalue weighted by Gasteiger charge is -2.15. The average molecular weight is 163 g/mol. The van der Waals surface area contributed by atoms with Crippen molar-refractivity contribution in [1.82, 2.24) is 0 Å². The molecular weight excluding hydrogens is 148 g/mol. The van der Waals surface area contributed by atoms with Crippen LogP contribution in [0.15, 0.2) is 12.2 Å². The van der Waals surface area contributed by atoms with Crippen LogP contribution in [0.25, 0.3) is 0 Å². The van der Waals surface area contributed by atoms with E-state index in [1.807, 2.05) is 13.8 Å². The monoisotopic (exact) mass is 162 g/mol. The van der Waals surface area contributed by atoms with Crippen LogP contribution in [-0.4, -0.2) is 17.1 Å². The van der Waals surface area contributed by atoms with Crippen molar-refractivity contribution in [3.8, 4) is 0 Å². The zero-order chi connectivity index (χ0) is 8.15. The fourth-order valence-electron chi connectivity index (χ4n) is 0.661. The van der Waals surface area contributed by atoms with Crippen molar-refractivity contribution in [1.29, 1.82) is 0 Å². The Morgan fingerprint density at radius 3 is 2.50 bits per heavy atom. The molecule has 0 aliphatic rings. The Hall–Kier alpha value is -0.0100. The Morgan fingerprint density at radius 2 is 2.20 bits per heavy atom. The van der Waals surface area contributed by atoms with E-state index in [4.69, 9.17) is 11.6 Å². The maximum Gasteiger partial charge on any atom is 0.0613 e. The number of aliphatic hydroxyl groups is 1. The number of aliphatic hydroxyl groups excluding tert-OH is 1. The largest absolute Gasteiger partial charge is 0.392 e. The van der Waals surface area contributed by atoms with E-state index >= 15 is 0 Å². The molecular formula is C8H15ClO. The topological polar surface area (TPSA) is 20.2 Å². The van der Waals surface area contributed by atoms with E-state index in [1.165, 1.54) is 0 Å². The van der Waals surface area contributed by atoms with Gasteiger partial charge in [-0.05, 0) is 19.3 Å². The quantitative estimate of drug-likeness (QED) is 0.497. The normalized spacial score (nSPS) is 16.4.